The second kappa shape index (κ2) is 13.9. The van der Waals surface area contributed by atoms with Gasteiger partial charge >= 0.3 is 0 Å². The molecule has 4 saturated carbocycles. The quantitative estimate of drug-likeness (QED) is 0.157. The summed E-state index contributed by atoms with van der Waals surface area (Å²) >= 11 is 0. The molecule has 2 aromatic carbocycles. The van der Waals surface area contributed by atoms with E-state index in [0.717, 1.165) is 37.7 Å². The molecule has 0 radical (unpaired) electrons. The molecule has 13 heteroatoms. The second-order valence-corrected chi connectivity index (χ2v) is 17.4. The van der Waals surface area contributed by atoms with E-state index >= 15 is 0 Å². The number of fused-ring (bicyclic) bond motifs is 5. The van der Waals surface area contributed by atoms with Gasteiger partial charge < -0.3 is 19.5 Å². The van der Waals surface area contributed by atoms with E-state index in [-0.39, 0.29) is 47.1 Å². The Morgan fingerprint density at radius 3 is 2.53 bits per heavy atom. The van der Waals surface area contributed by atoms with E-state index in [9.17, 15) is 18.0 Å². The van der Waals surface area contributed by atoms with Crippen LogP contribution in [0.5, 0.6) is 5.75 Å². The molecule has 1 aliphatic heterocycles. The lowest BCUT2D eigenvalue weighted by Gasteiger charge is -2.61. The number of ether oxygens (including phenoxy) is 3. The van der Waals surface area contributed by atoms with Gasteiger partial charge in [-0.2, -0.15) is 10.2 Å². The Hall–Kier alpha value is -3.97. The number of H-pyrrole nitrogens is 1. The van der Waals surface area contributed by atoms with Crippen LogP contribution in [0.25, 0.3) is 10.8 Å². The number of nitrogens with one attached hydrogen (secondary N) is 2. The van der Waals surface area contributed by atoms with Gasteiger partial charge in [0.25, 0.3) is 5.56 Å². The molecular weight excluding hydrogens is 709 g/mol. The molecule has 0 amide bonds. The predicted molar refractivity (Wildman–Crippen MR) is 201 cm³/mol. The first kappa shape index (κ1) is 36.7. The van der Waals surface area contributed by atoms with E-state index in [2.05, 4.69) is 39.4 Å². The van der Waals surface area contributed by atoms with Gasteiger partial charge in [0.05, 0.1) is 49.0 Å². The predicted octanol–water partition coefficient (Wildman–Crippen LogP) is 7.95. The average molecular weight is 761 g/mol. The van der Waals surface area contributed by atoms with Crippen molar-refractivity contribution >= 4 is 16.5 Å². The molecule has 4 fully saturated rings. The van der Waals surface area contributed by atoms with Crippen LogP contribution in [0.1, 0.15) is 101 Å². The van der Waals surface area contributed by atoms with E-state index < -0.39 is 23.2 Å². The first-order valence-corrected chi connectivity index (χ1v) is 20.1. The number of aromatic nitrogens is 5. The number of halogens is 3. The van der Waals surface area contributed by atoms with Crippen molar-refractivity contribution in [2.45, 2.75) is 95.6 Å². The Morgan fingerprint density at radius 1 is 0.927 bits per heavy atom. The topological polar surface area (TPSA) is 116 Å². The maximum absolute atomic E-state index is 14.6. The number of rotatable bonds is 10. The number of alkyl halides is 2. The summed E-state index contributed by atoms with van der Waals surface area (Å²) in [5.74, 6) is -0.115. The lowest BCUT2D eigenvalue weighted by Crippen LogP contribution is -2.55. The Morgan fingerprint density at radius 2 is 1.73 bits per heavy atom. The van der Waals surface area contributed by atoms with Gasteiger partial charge in [0, 0.05) is 31.0 Å². The molecule has 55 heavy (non-hydrogen) atoms. The van der Waals surface area contributed by atoms with Crippen LogP contribution in [-0.2, 0) is 16.5 Å². The molecule has 9 atom stereocenters. The van der Waals surface area contributed by atoms with Gasteiger partial charge in [-0.3, -0.25) is 9.48 Å². The highest BCUT2D eigenvalue weighted by Crippen LogP contribution is 2.67. The minimum atomic E-state index is -2.48. The summed E-state index contributed by atoms with van der Waals surface area (Å²) in [6, 6.07) is 9.95. The first-order valence-electron chi connectivity index (χ1n) is 20.1. The van der Waals surface area contributed by atoms with Crippen molar-refractivity contribution in [1.82, 2.24) is 25.0 Å². The number of hydrogen-bond acceptors (Lipinski definition) is 8. The third kappa shape index (κ3) is 6.33. The third-order valence-corrected chi connectivity index (χ3v) is 14.7. The highest BCUT2D eigenvalue weighted by molar-refractivity contribution is 5.97. The molecule has 0 spiro atoms. The van der Waals surface area contributed by atoms with Gasteiger partial charge in [-0.05, 0) is 109 Å². The van der Waals surface area contributed by atoms with Crippen molar-refractivity contribution in [3.05, 3.63) is 76.0 Å². The van der Waals surface area contributed by atoms with Crippen LogP contribution < -0.4 is 15.6 Å². The molecule has 10 nitrogen and oxygen atoms in total. The van der Waals surface area contributed by atoms with Gasteiger partial charge in [0.2, 0.25) is 5.92 Å². The van der Waals surface area contributed by atoms with Crippen LogP contribution in [0.15, 0.2) is 47.5 Å². The fraction of sp³-hybridized carbons (Fsp3) is 0.619. The van der Waals surface area contributed by atoms with Crippen LogP contribution in [0, 0.1) is 40.3 Å². The highest BCUT2D eigenvalue weighted by atomic mass is 19.3. The minimum absolute atomic E-state index is 0.0548. The summed E-state index contributed by atoms with van der Waals surface area (Å²) in [6.07, 6.45) is 9.02. The molecule has 5 aliphatic rings. The number of anilines is 1. The van der Waals surface area contributed by atoms with Gasteiger partial charge in [-0.1, -0.05) is 26.0 Å². The summed E-state index contributed by atoms with van der Waals surface area (Å²) in [5, 5.41) is 15.5. The average Bonchev–Trinajstić information content (AvgIpc) is 3.74. The fourth-order valence-corrected chi connectivity index (χ4v) is 11.9. The zero-order chi connectivity index (χ0) is 38.1. The smallest absolute Gasteiger partial charge is 0.272 e. The standard InChI is InChI=1S/C42H51F3N6O4/c1-40-14-15-42(44,45)22-25(40)6-9-28-30-10-11-33(41(30,2)13-12-31(28)40)55-19-17-53-16-18-54-27-7-4-24(5-8-27)36-35(38-46-23-47-51(38)3)37-34-29(39(52)50-49-37)20-26(43)21-32(34)48-36/h4-5,7-8,20-21,23,25,28,30-31,33,35-36,48H,6,9-19,22H2,1-3H3,(H,50,52)/t25-,28-,30-,31-,33-,35+,36+,40-,41-/m0/s1. The van der Waals surface area contributed by atoms with Crippen LogP contribution in [0.3, 0.4) is 0 Å². The second-order valence-electron chi connectivity index (χ2n) is 17.4. The van der Waals surface area contributed by atoms with E-state index in [4.69, 9.17) is 14.2 Å². The van der Waals surface area contributed by atoms with Crippen LogP contribution >= 0.6 is 0 Å². The molecule has 0 saturated heterocycles. The van der Waals surface area contributed by atoms with Crippen molar-refractivity contribution in [2.24, 2.45) is 41.5 Å². The highest BCUT2D eigenvalue weighted by Gasteiger charge is 2.62. The van der Waals surface area contributed by atoms with E-state index in [0.29, 0.717) is 78.9 Å². The number of hydrogen-bond donors (Lipinski definition) is 2. The van der Waals surface area contributed by atoms with Crippen molar-refractivity contribution in [2.75, 3.05) is 31.7 Å². The van der Waals surface area contributed by atoms with Crippen LogP contribution in [0.2, 0.25) is 0 Å². The van der Waals surface area contributed by atoms with E-state index in [1.54, 1.807) is 11.7 Å². The van der Waals surface area contributed by atoms with Gasteiger partial charge in [0.1, 0.15) is 30.3 Å². The van der Waals surface area contributed by atoms with Crippen molar-refractivity contribution in [1.29, 1.82) is 0 Å². The molecular formula is C42H51F3N6O4. The molecule has 4 aromatic rings. The van der Waals surface area contributed by atoms with Crippen LogP contribution in [0.4, 0.5) is 18.9 Å². The molecule has 294 valence electrons. The summed E-state index contributed by atoms with van der Waals surface area (Å²) in [7, 11) is 1.81. The molecule has 2 N–H and O–H groups in total. The molecule has 0 unspecified atom stereocenters. The monoisotopic (exact) mass is 760 g/mol. The summed E-state index contributed by atoms with van der Waals surface area (Å²) in [6.45, 7) is 6.59. The van der Waals surface area contributed by atoms with E-state index in [1.807, 2.05) is 24.3 Å². The molecule has 3 heterocycles. The summed E-state index contributed by atoms with van der Waals surface area (Å²) in [4.78, 5) is 17.1. The minimum Gasteiger partial charge on any atom is -0.491 e. The zero-order valence-corrected chi connectivity index (χ0v) is 31.8. The lowest BCUT2D eigenvalue weighted by molar-refractivity contribution is -0.170. The Kier molecular flexibility index (Phi) is 9.26. The maximum Gasteiger partial charge on any atom is 0.272 e. The fourth-order valence-electron chi connectivity index (χ4n) is 11.9. The number of nitrogens with zero attached hydrogens (tertiary/aromatic N) is 4. The van der Waals surface area contributed by atoms with Crippen molar-refractivity contribution in [3.63, 3.8) is 0 Å². The number of aromatic amines is 1. The summed E-state index contributed by atoms with van der Waals surface area (Å²) < 4.78 is 63.5. The first-order chi connectivity index (χ1) is 26.4. The third-order valence-electron chi connectivity index (χ3n) is 14.7. The SMILES string of the molecule is Cn1ncnc1[C@H]1c2n[nH]c(=O)c3cc(F)cc(c23)N[C@@H]1c1ccc(OCCOCCO[C@H]2CC[C@H]3[C@@H]4CC[C@H]5CC(F)(F)CC[C@]5(C)[C@H]4CC[C@]23C)cc1. The normalized spacial score (nSPS) is 33.4. The van der Waals surface area contributed by atoms with Crippen molar-refractivity contribution in [3.8, 4) is 5.75 Å². The molecule has 9 rings (SSSR count). The van der Waals surface area contributed by atoms with Gasteiger partial charge in [-0.15, -0.1) is 0 Å². The molecule has 2 aromatic heterocycles. The van der Waals surface area contributed by atoms with Crippen LogP contribution in [-0.4, -0.2) is 63.4 Å². The maximum atomic E-state index is 14.6. The Balaban J connectivity index is 0.770. The van der Waals surface area contributed by atoms with Crippen molar-refractivity contribution < 1.29 is 27.4 Å². The molecule has 0 bridgehead atoms. The largest absolute Gasteiger partial charge is 0.491 e. The molecule has 4 aliphatic carbocycles. The number of aryl methyl sites for hydroxylation is 1. The Labute approximate surface area is 318 Å². The summed E-state index contributed by atoms with van der Waals surface area (Å²) in [5.41, 5.74) is 1.73. The number of benzene rings is 2. The lowest BCUT2D eigenvalue weighted by atomic mass is 9.45. The van der Waals surface area contributed by atoms with Gasteiger partial charge in [0.15, 0.2) is 0 Å². The van der Waals surface area contributed by atoms with Gasteiger partial charge in [-0.25, -0.2) is 23.3 Å². The zero-order valence-electron chi connectivity index (χ0n) is 31.8. The van der Waals surface area contributed by atoms with E-state index in [1.165, 1.54) is 24.9 Å². The Bertz CT molecular complexity index is 2110.